The molecule has 0 aliphatic carbocycles. The Balaban J connectivity index is 2.43. The van der Waals surface area contributed by atoms with E-state index in [1.165, 1.54) is 6.20 Å². The van der Waals surface area contributed by atoms with Gasteiger partial charge in [0.2, 0.25) is 0 Å². The maximum atomic E-state index is 8.98. The molecule has 0 atom stereocenters. The highest BCUT2D eigenvalue weighted by atomic mass is 16.3. The van der Waals surface area contributed by atoms with E-state index in [0.29, 0.717) is 0 Å². The zero-order valence-corrected chi connectivity index (χ0v) is 6.36. The third-order valence-corrected chi connectivity index (χ3v) is 1.62. The predicted octanol–water partition coefficient (Wildman–Crippen LogP) is 1.78. The summed E-state index contributed by atoms with van der Waals surface area (Å²) in [5, 5.41) is 8.98. The van der Waals surface area contributed by atoms with Crippen molar-refractivity contribution in [2.24, 2.45) is 0 Å². The van der Waals surface area contributed by atoms with Crippen molar-refractivity contribution >= 4 is 0 Å². The van der Waals surface area contributed by atoms with Gasteiger partial charge in [-0.2, -0.15) is 0 Å². The number of hydrogen-bond acceptors (Lipinski definition) is 2. The van der Waals surface area contributed by atoms with Gasteiger partial charge in [-0.25, -0.2) is 0 Å². The number of hydrogen-bond donors (Lipinski definition) is 2. The number of nitrogens with one attached hydrogen (secondary N) is 1. The van der Waals surface area contributed by atoms with Gasteiger partial charge in [-0.3, -0.25) is 4.98 Å². The normalized spacial score (nSPS) is 10.0. The van der Waals surface area contributed by atoms with Crippen LogP contribution in [0.1, 0.15) is 0 Å². The lowest BCUT2D eigenvalue weighted by Gasteiger charge is -1.95. The van der Waals surface area contributed by atoms with E-state index in [1.54, 1.807) is 12.1 Å². The zero-order valence-electron chi connectivity index (χ0n) is 6.36. The Morgan fingerprint density at radius 1 is 1.25 bits per heavy atom. The number of pyridine rings is 1. The molecule has 0 spiro atoms. The van der Waals surface area contributed by atoms with Crippen molar-refractivity contribution in [3.63, 3.8) is 0 Å². The molecule has 0 unspecified atom stereocenters. The molecule has 0 aromatic carbocycles. The van der Waals surface area contributed by atoms with Crippen LogP contribution in [0, 0.1) is 0 Å². The van der Waals surface area contributed by atoms with E-state index in [1.807, 2.05) is 18.3 Å². The summed E-state index contributed by atoms with van der Waals surface area (Å²) in [4.78, 5) is 7.07. The largest absolute Gasteiger partial charge is 0.506 e. The Kier molecular flexibility index (Phi) is 1.55. The molecule has 0 radical (unpaired) electrons. The second kappa shape index (κ2) is 2.70. The average Bonchev–Trinajstić information content (AvgIpc) is 2.58. The molecule has 2 aromatic rings. The second-order valence-electron chi connectivity index (χ2n) is 2.49. The molecule has 0 saturated heterocycles. The van der Waals surface area contributed by atoms with Crippen molar-refractivity contribution in [1.82, 2.24) is 9.97 Å². The molecule has 0 bridgehead atoms. The lowest BCUT2D eigenvalue weighted by atomic mass is 10.3. The first-order valence-corrected chi connectivity index (χ1v) is 3.65. The standard InChI is InChI=1S/C9H8N2O/c12-7-3-4-9(11-6-7)8-2-1-5-10-8/h1-6,10,12H. The number of aromatic amines is 1. The average molecular weight is 160 g/mol. The first-order chi connectivity index (χ1) is 5.86. The zero-order chi connectivity index (χ0) is 8.39. The van der Waals surface area contributed by atoms with Crippen molar-refractivity contribution in [1.29, 1.82) is 0 Å². The molecule has 12 heavy (non-hydrogen) atoms. The molecule has 3 heteroatoms. The molecule has 2 aromatic heterocycles. The number of aromatic hydroxyl groups is 1. The van der Waals surface area contributed by atoms with Gasteiger partial charge in [0.25, 0.3) is 0 Å². The molecule has 2 rings (SSSR count). The van der Waals surface area contributed by atoms with Gasteiger partial charge in [0.05, 0.1) is 17.6 Å². The Labute approximate surface area is 69.7 Å². The quantitative estimate of drug-likeness (QED) is 0.668. The summed E-state index contributed by atoms with van der Waals surface area (Å²) in [5.74, 6) is 0.185. The Bertz CT molecular complexity index is 351. The molecule has 3 nitrogen and oxygen atoms in total. The van der Waals surface area contributed by atoms with Gasteiger partial charge >= 0.3 is 0 Å². The molecule has 2 N–H and O–H groups in total. The molecule has 0 amide bonds. The van der Waals surface area contributed by atoms with E-state index < -0.39 is 0 Å². The minimum absolute atomic E-state index is 0.185. The number of nitrogens with zero attached hydrogens (tertiary/aromatic N) is 1. The maximum Gasteiger partial charge on any atom is 0.133 e. The molecular weight excluding hydrogens is 152 g/mol. The highest BCUT2D eigenvalue weighted by Crippen LogP contribution is 2.15. The van der Waals surface area contributed by atoms with Crippen LogP contribution in [0.25, 0.3) is 11.4 Å². The number of aromatic nitrogens is 2. The number of rotatable bonds is 1. The van der Waals surface area contributed by atoms with Crippen molar-refractivity contribution in [2.75, 3.05) is 0 Å². The van der Waals surface area contributed by atoms with Gasteiger partial charge in [-0.1, -0.05) is 0 Å². The first kappa shape index (κ1) is 6.91. The van der Waals surface area contributed by atoms with Crippen LogP contribution in [-0.4, -0.2) is 15.1 Å². The van der Waals surface area contributed by atoms with Gasteiger partial charge in [-0.05, 0) is 24.3 Å². The van der Waals surface area contributed by atoms with Crippen LogP contribution in [0.5, 0.6) is 5.75 Å². The molecular formula is C9H8N2O. The van der Waals surface area contributed by atoms with Gasteiger partial charge in [0.1, 0.15) is 5.75 Å². The van der Waals surface area contributed by atoms with Gasteiger partial charge in [0, 0.05) is 6.20 Å². The minimum Gasteiger partial charge on any atom is -0.506 e. The summed E-state index contributed by atoms with van der Waals surface area (Å²) in [7, 11) is 0. The fraction of sp³-hybridized carbons (Fsp3) is 0. The van der Waals surface area contributed by atoms with Crippen molar-refractivity contribution < 1.29 is 5.11 Å². The topological polar surface area (TPSA) is 48.9 Å². The van der Waals surface area contributed by atoms with E-state index >= 15 is 0 Å². The monoisotopic (exact) mass is 160 g/mol. The van der Waals surface area contributed by atoms with Crippen molar-refractivity contribution in [2.45, 2.75) is 0 Å². The summed E-state index contributed by atoms with van der Waals surface area (Å²) >= 11 is 0. The predicted molar refractivity (Wildman–Crippen MR) is 45.7 cm³/mol. The molecule has 0 saturated carbocycles. The highest BCUT2D eigenvalue weighted by molar-refractivity contribution is 5.54. The molecule has 0 aliphatic heterocycles. The van der Waals surface area contributed by atoms with E-state index in [-0.39, 0.29) is 5.75 Å². The fourth-order valence-corrected chi connectivity index (χ4v) is 1.04. The van der Waals surface area contributed by atoms with Gasteiger partial charge < -0.3 is 10.1 Å². The van der Waals surface area contributed by atoms with Gasteiger partial charge in [0.15, 0.2) is 0 Å². The minimum atomic E-state index is 0.185. The van der Waals surface area contributed by atoms with Crippen LogP contribution < -0.4 is 0 Å². The first-order valence-electron chi connectivity index (χ1n) is 3.65. The van der Waals surface area contributed by atoms with Crippen LogP contribution in [0.4, 0.5) is 0 Å². The van der Waals surface area contributed by atoms with Crippen molar-refractivity contribution in [3.8, 4) is 17.1 Å². The summed E-state index contributed by atoms with van der Waals surface area (Å²) in [6.45, 7) is 0. The smallest absolute Gasteiger partial charge is 0.133 e. The van der Waals surface area contributed by atoms with Crippen LogP contribution in [0.2, 0.25) is 0 Å². The van der Waals surface area contributed by atoms with Crippen LogP contribution in [0.3, 0.4) is 0 Å². The molecule has 0 fully saturated rings. The third kappa shape index (κ3) is 1.16. The highest BCUT2D eigenvalue weighted by Gasteiger charge is 1.97. The summed E-state index contributed by atoms with van der Waals surface area (Å²) in [5.41, 5.74) is 1.78. The van der Waals surface area contributed by atoms with Crippen LogP contribution in [0.15, 0.2) is 36.7 Å². The summed E-state index contributed by atoms with van der Waals surface area (Å²) < 4.78 is 0. The van der Waals surface area contributed by atoms with E-state index in [0.717, 1.165) is 11.4 Å². The Morgan fingerprint density at radius 3 is 2.75 bits per heavy atom. The lowest BCUT2D eigenvalue weighted by molar-refractivity contribution is 0.473. The molecule has 0 aliphatic rings. The Hall–Kier alpha value is -1.77. The molecule has 2 heterocycles. The summed E-state index contributed by atoms with van der Waals surface area (Å²) in [6.07, 6.45) is 3.26. The van der Waals surface area contributed by atoms with Crippen molar-refractivity contribution in [3.05, 3.63) is 36.7 Å². The van der Waals surface area contributed by atoms with Crippen LogP contribution in [-0.2, 0) is 0 Å². The van der Waals surface area contributed by atoms with Gasteiger partial charge in [-0.15, -0.1) is 0 Å². The number of H-pyrrole nitrogens is 1. The van der Waals surface area contributed by atoms with E-state index in [4.69, 9.17) is 5.11 Å². The van der Waals surface area contributed by atoms with Crippen LogP contribution >= 0.6 is 0 Å². The SMILES string of the molecule is Oc1ccc(-c2ccc[nH]2)nc1. The van der Waals surface area contributed by atoms with E-state index in [2.05, 4.69) is 9.97 Å². The maximum absolute atomic E-state index is 8.98. The second-order valence-corrected chi connectivity index (χ2v) is 2.49. The Morgan fingerprint density at radius 2 is 2.17 bits per heavy atom. The summed E-state index contributed by atoms with van der Waals surface area (Å²) in [6, 6.07) is 7.22. The molecule has 60 valence electrons. The fourth-order valence-electron chi connectivity index (χ4n) is 1.04. The third-order valence-electron chi connectivity index (χ3n) is 1.62. The lowest BCUT2D eigenvalue weighted by Crippen LogP contribution is -1.80. The van der Waals surface area contributed by atoms with E-state index in [9.17, 15) is 0 Å².